The number of amides is 1. The Bertz CT molecular complexity index is 1140. The second-order valence-electron chi connectivity index (χ2n) is 9.05. The van der Waals surface area contributed by atoms with Crippen molar-refractivity contribution in [1.82, 2.24) is 14.9 Å². The van der Waals surface area contributed by atoms with Crippen LogP contribution in [0.2, 0.25) is 0 Å². The number of carbonyl (C=O) groups excluding carboxylic acids is 1. The van der Waals surface area contributed by atoms with Crippen molar-refractivity contribution >= 4 is 25.9 Å². The van der Waals surface area contributed by atoms with Crippen LogP contribution in [0.5, 0.6) is 0 Å². The first-order valence-corrected chi connectivity index (χ1v) is 12.9. The summed E-state index contributed by atoms with van der Waals surface area (Å²) in [5.41, 5.74) is 9.81. The average Bonchev–Trinajstić information content (AvgIpc) is 3.17. The standard InChI is InChI=1S/C20H30N5O14P/c21-5-13(29)24-14-9(28)4-20(18(32)33,38-10(14)3-8(27)6-26)39-40(35)36-7-11-15(30)16(31)17(37-11)25-2-1-12(22)23-19(25)34/h1-2,8-11,14-17,26-28,30-31H,3-7,21H2,(H3-,22,23,24,29,32,33,34)/p+1/t8-,9+,10?,11?,14?,15?,16?,17?,20+/m0/s1. The molecule has 20 heteroatoms. The van der Waals surface area contributed by atoms with Gasteiger partial charge in [-0.05, 0) is 6.07 Å². The van der Waals surface area contributed by atoms with E-state index in [4.69, 9.17) is 30.0 Å². The minimum atomic E-state index is -3.37. The normalized spacial score (nSPS) is 33.4. The van der Waals surface area contributed by atoms with Crippen LogP contribution in [0, 0.1) is 0 Å². The summed E-state index contributed by atoms with van der Waals surface area (Å²) in [5, 5.41) is 62.5. The van der Waals surface area contributed by atoms with Gasteiger partial charge in [0, 0.05) is 23.6 Å². The lowest BCUT2D eigenvalue weighted by atomic mass is 9.90. The summed E-state index contributed by atoms with van der Waals surface area (Å²) in [6.07, 6.45) is -10.8. The van der Waals surface area contributed by atoms with Crippen molar-refractivity contribution in [2.45, 2.75) is 67.5 Å². The van der Waals surface area contributed by atoms with E-state index in [-0.39, 0.29) is 5.82 Å². The first kappa shape index (κ1) is 31.8. The molecule has 3 rings (SSSR count). The molecule has 10 atom stereocenters. The summed E-state index contributed by atoms with van der Waals surface area (Å²) in [7, 11) is -3.37. The van der Waals surface area contributed by atoms with Crippen LogP contribution in [-0.4, -0.2) is 120 Å². The molecule has 40 heavy (non-hydrogen) atoms. The molecule has 0 saturated carbocycles. The van der Waals surface area contributed by atoms with Crippen molar-refractivity contribution in [1.29, 1.82) is 0 Å². The number of aliphatic carboxylic acids is 1. The van der Waals surface area contributed by atoms with Crippen LogP contribution in [-0.2, 0) is 32.7 Å². The molecule has 0 aromatic carbocycles. The van der Waals surface area contributed by atoms with Crippen molar-refractivity contribution in [3.05, 3.63) is 22.7 Å². The topological polar surface area (TPSA) is 308 Å². The zero-order valence-corrected chi connectivity index (χ0v) is 21.6. The first-order chi connectivity index (χ1) is 18.8. The number of nitrogens with two attached hydrogens (primary N) is 2. The number of aliphatic hydroxyl groups excluding tert-OH is 5. The van der Waals surface area contributed by atoms with E-state index in [1.165, 1.54) is 12.3 Å². The predicted octanol–water partition coefficient (Wildman–Crippen LogP) is -4.75. The molecule has 2 fully saturated rings. The van der Waals surface area contributed by atoms with Gasteiger partial charge >= 0.3 is 25.7 Å². The van der Waals surface area contributed by atoms with Crippen molar-refractivity contribution in [3.8, 4) is 0 Å². The van der Waals surface area contributed by atoms with Crippen LogP contribution in [0.3, 0.4) is 0 Å². The molecule has 0 spiro atoms. The Morgan fingerprint density at radius 2 is 2.00 bits per heavy atom. The van der Waals surface area contributed by atoms with Crippen molar-refractivity contribution in [2.24, 2.45) is 5.73 Å². The maximum absolute atomic E-state index is 12.6. The highest BCUT2D eigenvalue weighted by atomic mass is 31.1. The summed E-state index contributed by atoms with van der Waals surface area (Å²) in [6.45, 7) is -1.96. The van der Waals surface area contributed by atoms with Crippen molar-refractivity contribution < 1.29 is 63.3 Å². The van der Waals surface area contributed by atoms with Gasteiger partial charge in [-0.15, -0.1) is 4.52 Å². The van der Waals surface area contributed by atoms with Crippen molar-refractivity contribution in [2.75, 3.05) is 25.5 Å². The van der Waals surface area contributed by atoms with E-state index in [1.54, 1.807) is 0 Å². The van der Waals surface area contributed by atoms with Crippen molar-refractivity contribution in [3.63, 3.8) is 0 Å². The Balaban J connectivity index is 1.70. The molecule has 224 valence electrons. The summed E-state index contributed by atoms with van der Waals surface area (Å²) < 4.78 is 34.4. The minimum absolute atomic E-state index is 0.0908. The molecule has 1 amide bonds. The second-order valence-corrected chi connectivity index (χ2v) is 9.94. The fourth-order valence-corrected chi connectivity index (χ4v) is 4.98. The Morgan fingerprint density at radius 1 is 1.30 bits per heavy atom. The van der Waals surface area contributed by atoms with Gasteiger partial charge in [0.25, 0.3) is 0 Å². The highest BCUT2D eigenvalue weighted by Gasteiger charge is 2.59. The number of ether oxygens (including phenoxy) is 2. The molecular weight excluding hydrogens is 565 g/mol. The molecule has 1 aromatic heterocycles. The number of carbonyl (C=O) groups is 2. The second kappa shape index (κ2) is 13.3. The molecule has 1 aromatic rings. The SMILES string of the molecule is NCC(=O)NC1C(C[C@H](O)CO)O[C@](O[P+](=O)OCC2OC(n3ccc(N)nc3=O)C(O)C2O)(C(=O)O)C[C@H]1O. The number of rotatable bonds is 12. The number of nitrogen functional groups attached to an aromatic ring is 1. The van der Waals surface area contributed by atoms with E-state index in [0.717, 1.165) is 4.57 Å². The van der Waals surface area contributed by atoms with E-state index < -0.39 is 113 Å². The molecule has 3 heterocycles. The lowest BCUT2D eigenvalue weighted by Gasteiger charge is -2.42. The Labute approximate surface area is 226 Å². The third kappa shape index (κ3) is 7.14. The lowest BCUT2D eigenvalue weighted by molar-refractivity contribution is -0.269. The fraction of sp³-hybridized carbons (Fsp3) is 0.700. The molecule has 2 saturated heterocycles. The number of carboxylic acids is 1. The molecule has 2 aliphatic heterocycles. The monoisotopic (exact) mass is 596 g/mol. The minimum Gasteiger partial charge on any atom is -0.477 e. The zero-order valence-electron chi connectivity index (χ0n) is 20.8. The summed E-state index contributed by atoms with van der Waals surface area (Å²) in [4.78, 5) is 39.5. The number of hydrogen-bond acceptors (Lipinski definition) is 16. The number of carboxylic acid groups (broad SMARTS) is 1. The highest BCUT2D eigenvalue weighted by Crippen LogP contribution is 2.41. The zero-order chi connectivity index (χ0) is 29.8. The van der Waals surface area contributed by atoms with Gasteiger partial charge in [-0.3, -0.25) is 9.36 Å². The number of nitrogens with one attached hydrogen (secondary N) is 1. The largest absolute Gasteiger partial charge is 0.701 e. The van der Waals surface area contributed by atoms with E-state index in [0.29, 0.717) is 0 Å². The van der Waals surface area contributed by atoms with Crippen LogP contribution in [0.15, 0.2) is 17.1 Å². The quantitative estimate of drug-likeness (QED) is 0.102. The summed E-state index contributed by atoms with van der Waals surface area (Å²) >= 11 is 0. The third-order valence-electron chi connectivity index (χ3n) is 6.22. The van der Waals surface area contributed by atoms with E-state index in [2.05, 4.69) is 10.3 Å². The van der Waals surface area contributed by atoms with Crippen LogP contribution < -0.4 is 22.5 Å². The number of hydrogen-bond donors (Lipinski definition) is 9. The molecule has 2 aliphatic rings. The van der Waals surface area contributed by atoms with Gasteiger partial charge in [0.2, 0.25) is 5.91 Å². The van der Waals surface area contributed by atoms with Crippen LogP contribution in [0.4, 0.5) is 5.82 Å². The smallest absolute Gasteiger partial charge is 0.477 e. The van der Waals surface area contributed by atoms with Gasteiger partial charge in [-0.2, -0.15) is 4.98 Å². The average molecular weight is 596 g/mol. The molecule has 19 nitrogen and oxygen atoms in total. The first-order valence-electron chi connectivity index (χ1n) is 11.8. The maximum atomic E-state index is 12.6. The van der Waals surface area contributed by atoms with Crippen LogP contribution in [0.1, 0.15) is 19.1 Å². The molecule has 0 aliphatic carbocycles. The lowest BCUT2D eigenvalue weighted by Crippen LogP contribution is -2.64. The van der Waals surface area contributed by atoms with E-state index >= 15 is 0 Å². The van der Waals surface area contributed by atoms with E-state index in [9.17, 15) is 49.6 Å². The maximum Gasteiger partial charge on any atom is 0.701 e. The Hall–Kier alpha value is -2.68. The van der Waals surface area contributed by atoms with Gasteiger partial charge in [0.15, 0.2) is 6.23 Å². The Kier molecular flexibility index (Phi) is 10.6. The highest BCUT2D eigenvalue weighted by molar-refractivity contribution is 7.33. The van der Waals surface area contributed by atoms with Gasteiger partial charge in [0.05, 0.1) is 37.5 Å². The van der Waals surface area contributed by atoms with Crippen LogP contribution in [0.25, 0.3) is 0 Å². The van der Waals surface area contributed by atoms with Gasteiger partial charge < -0.3 is 56.9 Å². The number of anilines is 1. The van der Waals surface area contributed by atoms with Gasteiger partial charge in [0.1, 0.15) is 30.7 Å². The number of nitrogens with zero attached hydrogens (tertiary/aromatic N) is 2. The third-order valence-corrected chi connectivity index (χ3v) is 7.02. The Morgan fingerprint density at radius 3 is 2.60 bits per heavy atom. The fourth-order valence-electron chi connectivity index (χ4n) is 4.22. The number of aromatic nitrogens is 2. The molecule has 7 unspecified atom stereocenters. The summed E-state index contributed by atoms with van der Waals surface area (Å²) in [5.74, 6) is -5.46. The van der Waals surface area contributed by atoms with Gasteiger partial charge in [-0.1, -0.05) is 4.52 Å². The summed E-state index contributed by atoms with van der Waals surface area (Å²) in [6, 6.07) is -0.0277. The molecule has 0 radical (unpaired) electrons. The predicted molar refractivity (Wildman–Crippen MR) is 128 cm³/mol. The van der Waals surface area contributed by atoms with E-state index in [1.807, 2.05) is 0 Å². The molecule has 0 bridgehead atoms. The van der Waals surface area contributed by atoms with Crippen LogP contribution >= 0.6 is 8.25 Å². The molecular formula is C20H31N5O14P+. The van der Waals surface area contributed by atoms with Gasteiger partial charge in [-0.25, -0.2) is 9.59 Å². The number of aliphatic hydroxyl groups is 5. The molecule has 11 N–H and O–H groups in total.